The Labute approximate surface area is 204 Å². The van der Waals surface area contributed by atoms with Gasteiger partial charge in [0, 0.05) is 63.4 Å². The third kappa shape index (κ3) is 6.47. The standard InChI is InChI=1S/C24H33F2N7O2/c1-2-17-15-18(32-12-8-27-9-13-32)5-6-20(17)30-23-29-16-19(21(25)26)22(31-23)28-7-3-10-33-11-4-14-35-24(33)34/h5-6,15-16,21,27H,2-4,7-14H2,1H3,(H2,28,29,30,31). The van der Waals surface area contributed by atoms with E-state index in [1.807, 2.05) is 6.07 Å². The Bertz CT molecular complexity index is 1000. The molecule has 2 aromatic rings. The molecule has 2 aliphatic heterocycles. The third-order valence-electron chi connectivity index (χ3n) is 6.20. The van der Waals surface area contributed by atoms with E-state index in [4.69, 9.17) is 4.74 Å². The molecule has 2 aliphatic rings. The number of anilines is 4. The van der Waals surface area contributed by atoms with Crippen LogP contribution in [0.15, 0.2) is 24.4 Å². The van der Waals surface area contributed by atoms with Gasteiger partial charge in [0.15, 0.2) is 0 Å². The Kier molecular flexibility index (Phi) is 8.51. The molecule has 0 spiro atoms. The van der Waals surface area contributed by atoms with E-state index in [-0.39, 0.29) is 23.4 Å². The molecule has 3 N–H and O–H groups in total. The zero-order chi connectivity index (χ0) is 24.6. The second-order valence-electron chi connectivity index (χ2n) is 8.59. The van der Waals surface area contributed by atoms with Crippen molar-refractivity contribution < 1.29 is 18.3 Å². The van der Waals surface area contributed by atoms with Gasteiger partial charge >= 0.3 is 6.09 Å². The normalized spacial score (nSPS) is 16.4. The Morgan fingerprint density at radius 1 is 1.23 bits per heavy atom. The number of benzene rings is 1. The van der Waals surface area contributed by atoms with E-state index in [0.717, 1.165) is 56.5 Å². The maximum absolute atomic E-state index is 13.6. The summed E-state index contributed by atoms with van der Waals surface area (Å²) in [6, 6.07) is 6.21. The number of carbonyl (C=O) groups is 1. The minimum absolute atomic E-state index is 0.0919. The lowest BCUT2D eigenvalue weighted by Crippen LogP contribution is -2.43. The molecule has 2 fully saturated rings. The van der Waals surface area contributed by atoms with Gasteiger partial charge in [-0.3, -0.25) is 0 Å². The quantitative estimate of drug-likeness (QED) is 0.434. The Hall–Kier alpha value is -3.21. The largest absolute Gasteiger partial charge is 0.449 e. The van der Waals surface area contributed by atoms with E-state index < -0.39 is 6.43 Å². The van der Waals surface area contributed by atoms with Crippen molar-refractivity contribution in [2.45, 2.75) is 32.6 Å². The van der Waals surface area contributed by atoms with Crippen molar-refractivity contribution in [3.63, 3.8) is 0 Å². The molecular formula is C24H33F2N7O2. The van der Waals surface area contributed by atoms with Crippen molar-refractivity contribution >= 4 is 29.2 Å². The number of nitrogens with zero attached hydrogens (tertiary/aromatic N) is 4. The fourth-order valence-electron chi connectivity index (χ4n) is 4.26. The summed E-state index contributed by atoms with van der Waals surface area (Å²) in [6.45, 7) is 7.90. The molecule has 9 nitrogen and oxygen atoms in total. The lowest BCUT2D eigenvalue weighted by Gasteiger charge is -2.30. The number of piperazine rings is 1. The van der Waals surface area contributed by atoms with Crippen LogP contribution in [0.2, 0.25) is 0 Å². The molecule has 0 radical (unpaired) electrons. The van der Waals surface area contributed by atoms with Gasteiger partial charge in [-0.25, -0.2) is 18.6 Å². The summed E-state index contributed by atoms with van der Waals surface area (Å²) in [6.07, 6.45) is 0.316. The number of cyclic esters (lactones) is 1. The first-order valence-electron chi connectivity index (χ1n) is 12.2. The van der Waals surface area contributed by atoms with Gasteiger partial charge in [-0.15, -0.1) is 0 Å². The summed E-state index contributed by atoms with van der Waals surface area (Å²) >= 11 is 0. The fraction of sp³-hybridized carbons (Fsp3) is 0.542. The summed E-state index contributed by atoms with van der Waals surface area (Å²) in [5.41, 5.74) is 2.87. The molecule has 3 heterocycles. The Balaban J connectivity index is 1.42. The van der Waals surface area contributed by atoms with Gasteiger partial charge in [-0.05, 0) is 43.0 Å². The molecule has 35 heavy (non-hydrogen) atoms. The number of alkyl halides is 2. The van der Waals surface area contributed by atoms with Crippen molar-refractivity contribution in [1.29, 1.82) is 0 Å². The number of hydrogen-bond acceptors (Lipinski definition) is 8. The van der Waals surface area contributed by atoms with E-state index in [9.17, 15) is 13.6 Å². The predicted octanol–water partition coefficient (Wildman–Crippen LogP) is 3.77. The molecule has 190 valence electrons. The summed E-state index contributed by atoms with van der Waals surface area (Å²) < 4.78 is 32.1. The van der Waals surface area contributed by atoms with Gasteiger partial charge in [0.25, 0.3) is 6.43 Å². The van der Waals surface area contributed by atoms with E-state index in [1.54, 1.807) is 4.90 Å². The van der Waals surface area contributed by atoms with E-state index in [0.29, 0.717) is 32.7 Å². The highest BCUT2D eigenvalue weighted by atomic mass is 19.3. The number of carbonyl (C=O) groups excluding carboxylic acids is 1. The van der Waals surface area contributed by atoms with Gasteiger partial charge in [-0.2, -0.15) is 4.98 Å². The van der Waals surface area contributed by atoms with Crippen molar-refractivity contribution in [2.75, 3.05) is 68.0 Å². The van der Waals surface area contributed by atoms with Crippen LogP contribution in [0.3, 0.4) is 0 Å². The third-order valence-corrected chi connectivity index (χ3v) is 6.20. The van der Waals surface area contributed by atoms with Crippen molar-refractivity contribution in [1.82, 2.24) is 20.2 Å². The van der Waals surface area contributed by atoms with Crippen LogP contribution < -0.4 is 20.9 Å². The number of nitrogens with one attached hydrogen (secondary N) is 3. The monoisotopic (exact) mass is 489 g/mol. The highest BCUT2D eigenvalue weighted by molar-refractivity contribution is 5.68. The van der Waals surface area contributed by atoms with Gasteiger partial charge in [0.05, 0.1) is 12.2 Å². The first kappa shape index (κ1) is 24.9. The highest BCUT2D eigenvalue weighted by Gasteiger charge is 2.20. The highest BCUT2D eigenvalue weighted by Crippen LogP contribution is 2.29. The van der Waals surface area contributed by atoms with Crippen LogP contribution in [0, 0.1) is 0 Å². The molecule has 1 amide bonds. The second-order valence-corrected chi connectivity index (χ2v) is 8.59. The molecule has 1 aromatic carbocycles. The summed E-state index contributed by atoms with van der Waals surface area (Å²) in [5.74, 6) is 0.343. The molecule has 4 rings (SSSR count). The summed E-state index contributed by atoms with van der Waals surface area (Å²) in [4.78, 5) is 24.2. The average Bonchev–Trinajstić information content (AvgIpc) is 2.88. The predicted molar refractivity (Wildman–Crippen MR) is 132 cm³/mol. The van der Waals surface area contributed by atoms with Crippen molar-refractivity contribution in [3.05, 3.63) is 35.5 Å². The van der Waals surface area contributed by atoms with Crippen LogP contribution in [-0.4, -0.2) is 73.4 Å². The van der Waals surface area contributed by atoms with Crippen LogP contribution in [0.25, 0.3) is 0 Å². The Morgan fingerprint density at radius 3 is 2.80 bits per heavy atom. The van der Waals surface area contributed by atoms with E-state index >= 15 is 0 Å². The maximum Gasteiger partial charge on any atom is 0.409 e. The van der Waals surface area contributed by atoms with Gasteiger partial charge in [0.1, 0.15) is 5.82 Å². The molecule has 0 saturated carbocycles. The number of aryl methyl sites for hydroxylation is 1. The minimum atomic E-state index is -2.70. The zero-order valence-electron chi connectivity index (χ0n) is 20.0. The molecule has 0 bridgehead atoms. The lowest BCUT2D eigenvalue weighted by atomic mass is 10.1. The van der Waals surface area contributed by atoms with Crippen LogP contribution in [0.4, 0.5) is 36.7 Å². The molecule has 2 saturated heterocycles. The number of halogens is 2. The smallest absolute Gasteiger partial charge is 0.409 e. The first-order valence-corrected chi connectivity index (χ1v) is 12.2. The SMILES string of the molecule is CCc1cc(N2CCNCC2)ccc1Nc1ncc(C(F)F)c(NCCCN2CCCOC2=O)n1. The number of aromatic nitrogens is 2. The molecular weight excluding hydrogens is 456 g/mol. The minimum Gasteiger partial charge on any atom is -0.449 e. The van der Waals surface area contributed by atoms with Gasteiger partial charge in [-0.1, -0.05) is 6.92 Å². The molecule has 11 heteroatoms. The Morgan fingerprint density at radius 2 is 2.06 bits per heavy atom. The topological polar surface area (TPSA) is 94.6 Å². The van der Waals surface area contributed by atoms with Crippen LogP contribution in [0.5, 0.6) is 0 Å². The molecule has 1 aromatic heterocycles. The number of rotatable bonds is 10. The van der Waals surface area contributed by atoms with Gasteiger partial charge < -0.3 is 30.5 Å². The summed E-state index contributed by atoms with van der Waals surface area (Å²) in [5, 5.41) is 9.55. The summed E-state index contributed by atoms with van der Waals surface area (Å²) in [7, 11) is 0. The van der Waals surface area contributed by atoms with Crippen LogP contribution >= 0.6 is 0 Å². The fourth-order valence-corrected chi connectivity index (χ4v) is 4.26. The van der Waals surface area contributed by atoms with E-state index in [2.05, 4.69) is 49.9 Å². The molecule has 0 atom stereocenters. The number of ether oxygens (including phenoxy) is 1. The van der Waals surface area contributed by atoms with Gasteiger partial charge in [0.2, 0.25) is 5.95 Å². The first-order chi connectivity index (χ1) is 17.0. The molecule has 0 unspecified atom stereocenters. The maximum atomic E-state index is 13.6. The molecule has 0 aliphatic carbocycles. The van der Waals surface area contributed by atoms with Crippen molar-refractivity contribution in [2.24, 2.45) is 0 Å². The zero-order valence-corrected chi connectivity index (χ0v) is 20.0. The average molecular weight is 490 g/mol. The second kappa shape index (κ2) is 12.0. The van der Waals surface area contributed by atoms with Crippen molar-refractivity contribution in [3.8, 4) is 0 Å². The van der Waals surface area contributed by atoms with E-state index in [1.165, 1.54) is 5.69 Å². The number of amides is 1. The number of hydrogen-bond donors (Lipinski definition) is 3. The van der Waals surface area contributed by atoms with Crippen LogP contribution in [-0.2, 0) is 11.2 Å². The van der Waals surface area contributed by atoms with Crippen LogP contribution in [0.1, 0.15) is 37.3 Å². The lowest BCUT2D eigenvalue weighted by molar-refractivity contribution is 0.0729.